The van der Waals surface area contributed by atoms with Crippen molar-refractivity contribution < 1.29 is 5.11 Å². The van der Waals surface area contributed by atoms with Gasteiger partial charge in [0.25, 0.3) is 0 Å². The summed E-state index contributed by atoms with van der Waals surface area (Å²) in [4.78, 5) is 17.7. The predicted molar refractivity (Wildman–Crippen MR) is 105 cm³/mol. The van der Waals surface area contributed by atoms with Crippen LogP contribution >= 0.6 is 34.8 Å². The van der Waals surface area contributed by atoms with E-state index in [4.69, 9.17) is 39.9 Å². The van der Waals surface area contributed by atoms with Gasteiger partial charge in [-0.05, 0) is 13.0 Å². The first-order chi connectivity index (χ1) is 12.5. The average Bonchev–Trinajstić information content (AvgIpc) is 2.87. The molecular formula is C17H20Cl3N5O. The minimum Gasteiger partial charge on any atom is -0.395 e. The summed E-state index contributed by atoms with van der Waals surface area (Å²) in [7, 11) is 0. The van der Waals surface area contributed by atoms with E-state index in [0.29, 0.717) is 18.3 Å². The molecule has 140 valence electrons. The largest absolute Gasteiger partial charge is 0.395 e. The second-order valence-corrected chi connectivity index (χ2v) is 8.33. The Morgan fingerprint density at radius 3 is 2.42 bits per heavy atom. The number of hydrogen-bond acceptors (Lipinski definition) is 6. The number of aliphatic hydroxyl groups is 1. The van der Waals surface area contributed by atoms with Crippen molar-refractivity contribution in [3.63, 3.8) is 0 Å². The second kappa shape index (κ2) is 8.67. The Morgan fingerprint density at radius 2 is 1.73 bits per heavy atom. The highest BCUT2D eigenvalue weighted by molar-refractivity contribution is 6.66. The molecule has 0 radical (unpaired) electrons. The molecule has 0 spiro atoms. The average molecular weight is 417 g/mol. The van der Waals surface area contributed by atoms with Crippen molar-refractivity contribution in [2.45, 2.75) is 10.2 Å². The Balaban J connectivity index is 1.93. The number of rotatable bonds is 4. The lowest BCUT2D eigenvalue weighted by Crippen LogP contribution is -2.33. The summed E-state index contributed by atoms with van der Waals surface area (Å²) in [5.41, 5.74) is 0.836. The van der Waals surface area contributed by atoms with E-state index in [2.05, 4.69) is 24.8 Å². The molecule has 26 heavy (non-hydrogen) atoms. The molecule has 2 heterocycles. The summed E-state index contributed by atoms with van der Waals surface area (Å²) in [5, 5.41) is 9.15. The lowest BCUT2D eigenvalue weighted by Gasteiger charge is -2.23. The number of hydrogen-bond donors (Lipinski definition) is 1. The van der Waals surface area contributed by atoms with Gasteiger partial charge in [0, 0.05) is 31.7 Å². The molecule has 2 aromatic rings. The lowest BCUT2D eigenvalue weighted by molar-refractivity contribution is 0.204. The molecule has 6 nitrogen and oxygen atoms in total. The molecule has 0 aliphatic carbocycles. The molecule has 0 atom stereocenters. The zero-order chi connectivity index (χ0) is 18.6. The molecular weight excluding hydrogens is 397 g/mol. The zero-order valence-electron chi connectivity index (χ0n) is 14.2. The maximum Gasteiger partial charge on any atom is 0.250 e. The van der Waals surface area contributed by atoms with Crippen LogP contribution in [0.4, 0.5) is 5.95 Å². The first-order valence-corrected chi connectivity index (χ1v) is 9.57. The van der Waals surface area contributed by atoms with Crippen molar-refractivity contribution in [3.8, 4) is 11.4 Å². The monoisotopic (exact) mass is 415 g/mol. The molecule has 1 fully saturated rings. The summed E-state index contributed by atoms with van der Waals surface area (Å²) in [6.45, 7) is 4.08. The molecule has 1 saturated heterocycles. The molecule has 0 bridgehead atoms. The molecule has 1 aliphatic heterocycles. The van der Waals surface area contributed by atoms with Gasteiger partial charge in [-0.15, -0.1) is 0 Å². The second-order valence-electron chi connectivity index (χ2n) is 6.05. The summed E-state index contributed by atoms with van der Waals surface area (Å²) in [5.74, 6) is 1.10. The van der Waals surface area contributed by atoms with Crippen molar-refractivity contribution in [1.29, 1.82) is 0 Å². The number of β-amino-alcohol motifs (C(OH)–C–C–N with tert-alkyl or cyclic N) is 1. The number of benzene rings is 1. The Kier molecular flexibility index (Phi) is 6.53. The third kappa shape index (κ3) is 4.96. The van der Waals surface area contributed by atoms with Gasteiger partial charge < -0.3 is 10.0 Å². The summed E-state index contributed by atoms with van der Waals surface area (Å²) >= 11 is 18.1. The Morgan fingerprint density at radius 1 is 0.962 bits per heavy atom. The maximum absolute atomic E-state index is 9.15. The standard InChI is InChI=1S/C17H20Cl3N5O/c18-17(19,20)15-21-14(13-5-2-1-3-6-13)22-16(23-15)25-8-4-7-24(9-10-25)11-12-26/h1-3,5-6,26H,4,7-12H2. The van der Waals surface area contributed by atoms with Crippen LogP contribution in [0.1, 0.15) is 12.2 Å². The van der Waals surface area contributed by atoms with Crippen LogP contribution in [0.2, 0.25) is 0 Å². The van der Waals surface area contributed by atoms with E-state index in [1.165, 1.54) is 0 Å². The minimum atomic E-state index is -1.73. The highest BCUT2D eigenvalue weighted by atomic mass is 35.6. The van der Waals surface area contributed by atoms with Crippen LogP contribution in [0.5, 0.6) is 0 Å². The van der Waals surface area contributed by atoms with E-state index >= 15 is 0 Å². The van der Waals surface area contributed by atoms with Crippen LogP contribution < -0.4 is 4.90 Å². The van der Waals surface area contributed by atoms with Crippen LogP contribution in [0.3, 0.4) is 0 Å². The van der Waals surface area contributed by atoms with Gasteiger partial charge >= 0.3 is 0 Å². The van der Waals surface area contributed by atoms with E-state index in [1.54, 1.807) is 0 Å². The quantitative estimate of drug-likeness (QED) is 0.773. The van der Waals surface area contributed by atoms with E-state index < -0.39 is 3.79 Å². The van der Waals surface area contributed by atoms with Crippen molar-refractivity contribution in [2.75, 3.05) is 44.2 Å². The highest BCUT2D eigenvalue weighted by Gasteiger charge is 2.29. The van der Waals surface area contributed by atoms with Gasteiger partial charge in [-0.3, -0.25) is 4.90 Å². The first kappa shape index (κ1) is 19.6. The van der Waals surface area contributed by atoms with Crippen LogP contribution in [0, 0.1) is 0 Å². The van der Waals surface area contributed by atoms with Gasteiger partial charge in [0.2, 0.25) is 9.74 Å². The minimum absolute atomic E-state index is 0.114. The molecule has 1 aromatic heterocycles. The molecule has 1 aliphatic rings. The third-order valence-electron chi connectivity index (χ3n) is 4.20. The lowest BCUT2D eigenvalue weighted by atomic mass is 10.2. The smallest absolute Gasteiger partial charge is 0.250 e. The fourth-order valence-electron chi connectivity index (χ4n) is 2.89. The zero-order valence-corrected chi connectivity index (χ0v) is 16.4. The molecule has 1 N–H and O–H groups in total. The van der Waals surface area contributed by atoms with Crippen LogP contribution in [-0.2, 0) is 3.79 Å². The summed E-state index contributed by atoms with van der Waals surface area (Å²) in [6.07, 6.45) is 0.940. The summed E-state index contributed by atoms with van der Waals surface area (Å²) in [6, 6.07) is 9.56. The number of halogens is 3. The first-order valence-electron chi connectivity index (χ1n) is 8.44. The van der Waals surface area contributed by atoms with Crippen molar-refractivity contribution in [1.82, 2.24) is 19.9 Å². The SMILES string of the molecule is OCCN1CCCN(c2nc(-c3ccccc3)nc(C(Cl)(Cl)Cl)n2)CC1. The van der Waals surface area contributed by atoms with Gasteiger partial charge in [-0.2, -0.15) is 9.97 Å². The molecule has 1 aromatic carbocycles. The van der Waals surface area contributed by atoms with Gasteiger partial charge in [0.15, 0.2) is 11.6 Å². The molecule has 0 saturated carbocycles. The van der Waals surface area contributed by atoms with Gasteiger partial charge in [0.05, 0.1) is 6.61 Å². The Labute approximate surface area is 167 Å². The Hall–Kier alpha value is -1.18. The molecule has 9 heteroatoms. The third-order valence-corrected chi connectivity index (χ3v) is 4.70. The van der Waals surface area contributed by atoms with Crippen molar-refractivity contribution in [2.24, 2.45) is 0 Å². The fourth-order valence-corrected chi connectivity index (χ4v) is 3.14. The number of anilines is 1. The van der Waals surface area contributed by atoms with Gasteiger partial charge in [0.1, 0.15) is 0 Å². The van der Waals surface area contributed by atoms with Gasteiger partial charge in [-0.25, -0.2) is 4.98 Å². The molecule has 0 unspecified atom stereocenters. The number of aliphatic hydroxyl groups excluding tert-OH is 1. The van der Waals surface area contributed by atoms with E-state index in [-0.39, 0.29) is 12.4 Å². The van der Waals surface area contributed by atoms with Crippen LogP contribution in [0.25, 0.3) is 11.4 Å². The normalized spacial score (nSPS) is 16.5. The van der Waals surface area contributed by atoms with E-state index in [9.17, 15) is 0 Å². The van der Waals surface area contributed by atoms with Crippen LogP contribution in [-0.4, -0.2) is 64.3 Å². The number of aromatic nitrogens is 3. The molecule has 3 rings (SSSR count). The van der Waals surface area contributed by atoms with Crippen molar-refractivity contribution >= 4 is 40.8 Å². The topological polar surface area (TPSA) is 65.4 Å². The Bertz CT molecular complexity index is 726. The number of nitrogens with zero attached hydrogens (tertiary/aromatic N) is 5. The van der Waals surface area contributed by atoms with E-state index in [1.807, 2.05) is 30.3 Å². The predicted octanol–water partition coefficient (Wildman–Crippen LogP) is 2.87. The fraction of sp³-hybridized carbons (Fsp3) is 0.471. The maximum atomic E-state index is 9.15. The number of alkyl halides is 3. The summed E-state index contributed by atoms with van der Waals surface area (Å²) < 4.78 is -1.73. The van der Waals surface area contributed by atoms with E-state index in [0.717, 1.165) is 38.2 Å². The van der Waals surface area contributed by atoms with Crippen LogP contribution in [0.15, 0.2) is 30.3 Å². The van der Waals surface area contributed by atoms with Gasteiger partial charge in [-0.1, -0.05) is 65.1 Å². The highest BCUT2D eigenvalue weighted by Crippen LogP contribution is 2.37. The van der Waals surface area contributed by atoms with Crippen molar-refractivity contribution in [3.05, 3.63) is 36.2 Å². The molecule has 0 amide bonds.